The summed E-state index contributed by atoms with van der Waals surface area (Å²) in [6.07, 6.45) is 0. The van der Waals surface area contributed by atoms with Crippen molar-refractivity contribution < 1.29 is 4.79 Å². The zero-order valence-electron chi connectivity index (χ0n) is 8.89. The first-order valence-electron chi connectivity index (χ1n) is 4.97. The van der Waals surface area contributed by atoms with E-state index in [4.69, 9.17) is 0 Å². The lowest BCUT2D eigenvalue weighted by atomic mass is 10.2. The van der Waals surface area contributed by atoms with Crippen molar-refractivity contribution in [2.24, 2.45) is 0 Å². The Balaban J connectivity index is 2.32. The molecule has 0 aliphatic rings. The molecule has 2 N–H and O–H groups in total. The van der Waals surface area contributed by atoms with Gasteiger partial charge in [-0.1, -0.05) is 40.7 Å². The monoisotopic (exact) mass is 356 g/mol. The first-order chi connectivity index (χ1) is 8.09. The molecule has 0 bridgehead atoms. The van der Waals surface area contributed by atoms with E-state index in [1.807, 2.05) is 24.3 Å². The molecule has 1 aromatic heterocycles. The number of rotatable bonds is 3. The van der Waals surface area contributed by atoms with Gasteiger partial charge in [0.2, 0.25) is 0 Å². The number of carbonyl (C=O) groups is 1. The van der Waals surface area contributed by atoms with Crippen LogP contribution in [0.25, 0.3) is 10.9 Å². The summed E-state index contributed by atoms with van der Waals surface area (Å²) >= 11 is 6.63. The first-order valence-corrected chi connectivity index (χ1v) is 6.56. The van der Waals surface area contributed by atoms with Crippen LogP contribution in [-0.2, 0) is 0 Å². The van der Waals surface area contributed by atoms with Crippen LogP contribution in [0.2, 0.25) is 0 Å². The third kappa shape index (κ3) is 2.61. The van der Waals surface area contributed by atoms with E-state index in [1.165, 1.54) is 0 Å². The molecule has 3 nitrogen and oxygen atoms in total. The van der Waals surface area contributed by atoms with Crippen LogP contribution in [0.3, 0.4) is 0 Å². The summed E-state index contributed by atoms with van der Waals surface area (Å²) in [4.78, 5) is 15.0. The SMILES string of the molecule is C=C(Br)CNC(=O)c1[nH]c2ccccc2c1Br. The van der Waals surface area contributed by atoms with Crippen molar-refractivity contribution in [2.45, 2.75) is 0 Å². The van der Waals surface area contributed by atoms with Gasteiger partial charge in [-0.3, -0.25) is 4.79 Å². The molecule has 0 atom stereocenters. The predicted molar refractivity (Wildman–Crippen MR) is 76.4 cm³/mol. The second-order valence-corrected chi connectivity index (χ2v) is 5.47. The zero-order valence-corrected chi connectivity index (χ0v) is 12.1. The van der Waals surface area contributed by atoms with Crippen LogP contribution in [0, 0.1) is 0 Å². The third-order valence-corrected chi connectivity index (χ3v) is 3.41. The van der Waals surface area contributed by atoms with E-state index in [-0.39, 0.29) is 5.91 Å². The van der Waals surface area contributed by atoms with E-state index in [0.717, 1.165) is 19.9 Å². The molecule has 1 aromatic carbocycles. The van der Waals surface area contributed by atoms with Crippen LogP contribution in [0.15, 0.2) is 39.8 Å². The minimum Gasteiger partial charge on any atom is -0.350 e. The number of aromatic nitrogens is 1. The molecule has 0 saturated carbocycles. The number of H-pyrrole nitrogens is 1. The van der Waals surface area contributed by atoms with E-state index in [1.54, 1.807) is 0 Å². The van der Waals surface area contributed by atoms with E-state index < -0.39 is 0 Å². The molecule has 5 heteroatoms. The summed E-state index contributed by atoms with van der Waals surface area (Å²) in [6, 6.07) is 7.74. The van der Waals surface area contributed by atoms with E-state index >= 15 is 0 Å². The molecule has 0 unspecified atom stereocenters. The highest BCUT2D eigenvalue weighted by molar-refractivity contribution is 9.11. The van der Waals surface area contributed by atoms with Crippen molar-refractivity contribution in [1.29, 1.82) is 0 Å². The van der Waals surface area contributed by atoms with Gasteiger partial charge in [0, 0.05) is 21.9 Å². The number of fused-ring (bicyclic) bond motifs is 1. The molecule has 1 amide bonds. The largest absolute Gasteiger partial charge is 0.350 e. The summed E-state index contributed by atoms with van der Waals surface area (Å²) < 4.78 is 1.52. The lowest BCUT2D eigenvalue weighted by Gasteiger charge is -2.02. The van der Waals surface area contributed by atoms with Crippen molar-refractivity contribution >= 4 is 48.7 Å². The van der Waals surface area contributed by atoms with Crippen molar-refractivity contribution in [1.82, 2.24) is 10.3 Å². The molecule has 1 heterocycles. The highest BCUT2D eigenvalue weighted by atomic mass is 79.9. The number of para-hydroxylation sites is 1. The number of nitrogens with one attached hydrogen (secondary N) is 2. The average Bonchev–Trinajstić information content (AvgIpc) is 2.64. The quantitative estimate of drug-likeness (QED) is 0.866. The number of carbonyl (C=O) groups excluding carboxylic acids is 1. The Hall–Kier alpha value is -1.07. The molecule has 0 spiro atoms. The Kier molecular flexibility index (Phi) is 3.69. The maximum absolute atomic E-state index is 11.9. The standard InChI is InChI=1S/C12H10Br2N2O/c1-7(13)6-15-12(17)11-10(14)8-4-2-3-5-9(8)16-11/h2-5,16H,1,6H2,(H,15,17). The Morgan fingerprint density at radius 2 is 2.12 bits per heavy atom. The molecular weight excluding hydrogens is 348 g/mol. The lowest BCUT2D eigenvalue weighted by molar-refractivity contribution is 0.0953. The molecule has 2 rings (SSSR count). The van der Waals surface area contributed by atoms with Crippen LogP contribution in [-0.4, -0.2) is 17.4 Å². The molecule has 17 heavy (non-hydrogen) atoms. The minimum atomic E-state index is -0.159. The highest BCUT2D eigenvalue weighted by Gasteiger charge is 2.15. The van der Waals surface area contributed by atoms with Crippen molar-refractivity contribution in [3.8, 4) is 0 Å². The van der Waals surface area contributed by atoms with Crippen LogP contribution in [0.4, 0.5) is 0 Å². The van der Waals surface area contributed by atoms with Gasteiger partial charge >= 0.3 is 0 Å². The van der Waals surface area contributed by atoms with E-state index in [0.29, 0.717) is 12.2 Å². The number of aromatic amines is 1. The van der Waals surface area contributed by atoms with Gasteiger partial charge in [-0.2, -0.15) is 0 Å². The summed E-state index contributed by atoms with van der Waals surface area (Å²) in [6.45, 7) is 4.07. The second kappa shape index (κ2) is 5.06. The molecule has 0 aliphatic heterocycles. The number of hydrogen-bond acceptors (Lipinski definition) is 1. The van der Waals surface area contributed by atoms with Crippen molar-refractivity contribution in [3.63, 3.8) is 0 Å². The van der Waals surface area contributed by atoms with Gasteiger partial charge < -0.3 is 10.3 Å². The molecule has 0 aliphatic carbocycles. The van der Waals surface area contributed by atoms with Crippen LogP contribution in [0.5, 0.6) is 0 Å². The number of benzene rings is 1. The Morgan fingerprint density at radius 1 is 1.41 bits per heavy atom. The molecule has 0 saturated heterocycles. The molecule has 88 valence electrons. The van der Waals surface area contributed by atoms with Gasteiger partial charge in [-0.25, -0.2) is 0 Å². The third-order valence-electron chi connectivity index (χ3n) is 2.31. The summed E-state index contributed by atoms with van der Waals surface area (Å²) in [5.41, 5.74) is 1.46. The fourth-order valence-electron chi connectivity index (χ4n) is 1.53. The van der Waals surface area contributed by atoms with Gasteiger partial charge in [0.15, 0.2) is 0 Å². The van der Waals surface area contributed by atoms with Crippen molar-refractivity contribution in [3.05, 3.63) is 45.5 Å². The molecular formula is C12H10Br2N2O. The van der Waals surface area contributed by atoms with E-state index in [9.17, 15) is 4.79 Å². The van der Waals surface area contributed by atoms with E-state index in [2.05, 4.69) is 48.7 Å². The number of halogens is 2. The second-order valence-electron chi connectivity index (χ2n) is 3.56. The van der Waals surface area contributed by atoms with Crippen LogP contribution in [0.1, 0.15) is 10.5 Å². The predicted octanol–water partition coefficient (Wildman–Crippen LogP) is 3.57. The van der Waals surface area contributed by atoms with Gasteiger partial charge in [-0.05, 0) is 22.0 Å². The molecule has 2 aromatic rings. The van der Waals surface area contributed by atoms with Crippen molar-refractivity contribution in [2.75, 3.05) is 6.54 Å². The maximum Gasteiger partial charge on any atom is 0.269 e. The average molecular weight is 358 g/mol. The molecule has 0 fully saturated rings. The van der Waals surface area contributed by atoms with Crippen LogP contribution < -0.4 is 5.32 Å². The Bertz CT molecular complexity index is 589. The number of hydrogen-bond donors (Lipinski definition) is 2. The fourth-order valence-corrected chi connectivity index (χ4v) is 2.29. The van der Waals surface area contributed by atoms with Crippen LogP contribution >= 0.6 is 31.9 Å². The number of amides is 1. The van der Waals surface area contributed by atoms with Gasteiger partial charge in [0.05, 0.1) is 4.47 Å². The first kappa shape index (κ1) is 12.4. The molecule has 0 radical (unpaired) electrons. The van der Waals surface area contributed by atoms with Gasteiger partial charge in [0.1, 0.15) is 5.69 Å². The summed E-state index contributed by atoms with van der Waals surface area (Å²) in [5, 5.41) is 3.75. The summed E-state index contributed by atoms with van der Waals surface area (Å²) in [7, 11) is 0. The topological polar surface area (TPSA) is 44.9 Å². The lowest BCUT2D eigenvalue weighted by Crippen LogP contribution is -2.24. The smallest absolute Gasteiger partial charge is 0.269 e. The normalized spacial score (nSPS) is 10.5. The Labute approximate surface area is 116 Å². The van der Waals surface area contributed by atoms with Gasteiger partial charge in [-0.15, -0.1) is 0 Å². The maximum atomic E-state index is 11.9. The Morgan fingerprint density at radius 3 is 2.76 bits per heavy atom. The minimum absolute atomic E-state index is 0.159. The zero-order chi connectivity index (χ0) is 12.4. The fraction of sp³-hybridized carbons (Fsp3) is 0.0833. The highest BCUT2D eigenvalue weighted by Crippen LogP contribution is 2.27. The van der Waals surface area contributed by atoms with Gasteiger partial charge in [0.25, 0.3) is 5.91 Å². The summed E-state index contributed by atoms with van der Waals surface area (Å²) in [5.74, 6) is -0.159.